The van der Waals surface area contributed by atoms with E-state index in [4.69, 9.17) is 15.3 Å². The Morgan fingerprint density at radius 1 is 1.21 bits per heavy atom. The molecule has 0 saturated heterocycles. The molecule has 0 aromatic rings. The van der Waals surface area contributed by atoms with Crippen molar-refractivity contribution in [3.05, 3.63) is 0 Å². The van der Waals surface area contributed by atoms with Crippen LogP contribution in [0.5, 0.6) is 0 Å². The Kier molecular flexibility index (Phi) is 12.1. The summed E-state index contributed by atoms with van der Waals surface area (Å²) in [5.74, 6) is -2.01. The zero-order chi connectivity index (χ0) is 22.0. The molecule has 0 aliphatic heterocycles. The minimum absolute atomic E-state index is 0.00480. The topological polar surface area (TPSA) is 114 Å². The van der Waals surface area contributed by atoms with E-state index in [9.17, 15) is 22.9 Å². The molecular weight excluding hydrogens is 396 g/mol. The summed E-state index contributed by atoms with van der Waals surface area (Å²) >= 11 is 0. The maximum absolute atomic E-state index is 13.0. The van der Waals surface area contributed by atoms with Crippen molar-refractivity contribution in [1.29, 1.82) is 5.26 Å². The fourth-order valence-corrected chi connectivity index (χ4v) is 3.86. The number of hydrogen-bond donors (Lipinski definition) is 2. The molecule has 3 N–H and O–H groups in total. The van der Waals surface area contributed by atoms with E-state index in [1.165, 1.54) is 0 Å². The lowest BCUT2D eigenvalue weighted by Gasteiger charge is -2.49. The van der Waals surface area contributed by atoms with Gasteiger partial charge >= 0.3 is 12.1 Å². The van der Waals surface area contributed by atoms with Gasteiger partial charge in [0.25, 0.3) is 0 Å². The van der Waals surface area contributed by atoms with E-state index < -0.39 is 26.3 Å². The summed E-state index contributed by atoms with van der Waals surface area (Å²) in [4.78, 5) is 24.3. The summed E-state index contributed by atoms with van der Waals surface area (Å²) in [6.07, 6.45) is -3.09. The lowest BCUT2D eigenvalue weighted by Crippen LogP contribution is -2.66. The van der Waals surface area contributed by atoms with Gasteiger partial charge in [-0.15, -0.1) is 0 Å². The predicted octanol–water partition coefficient (Wildman–Crippen LogP) is 2.91. The second kappa shape index (κ2) is 12.6. The zero-order valence-electron chi connectivity index (χ0n) is 16.9. The minimum Gasteiger partial charge on any atom is -0.796 e. The number of rotatable bonds is 13. The SMILES string of the molecule is CC(C)N(C(C)C)C(CCC#N)(CCCCCOP(N)[O-])NC(=O)C(F)(F)F. The number of carbonyl (C=O) groups is 1. The summed E-state index contributed by atoms with van der Waals surface area (Å²) in [7, 11) is -2.18. The number of nitrogens with two attached hydrogens (primary N) is 1. The van der Waals surface area contributed by atoms with Crippen molar-refractivity contribution in [2.75, 3.05) is 6.61 Å². The van der Waals surface area contributed by atoms with Gasteiger partial charge in [0, 0.05) is 27.0 Å². The van der Waals surface area contributed by atoms with E-state index in [-0.39, 0.29) is 38.0 Å². The summed E-state index contributed by atoms with van der Waals surface area (Å²) in [5.41, 5.74) is 3.73. The fraction of sp³-hybridized carbons (Fsp3) is 0.882. The Balaban J connectivity index is 5.52. The second-order valence-corrected chi connectivity index (χ2v) is 7.99. The van der Waals surface area contributed by atoms with Crippen LogP contribution in [0.15, 0.2) is 0 Å². The Labute approximate surface area is 166 Å². The molecule has 0 aromatic heterocycles. The number of nitrogens with one attached hydrogen (secondary N) is 1. The number of halogens is 3. The van der Waals surface area contributed by atoms with Gasteiger partial charge in [-0.25, -0.2) is 0 Å². The molecular formula is C17H31F3N4O3P-. The first-order chi connectivity index (χ1) is 12.9. The van der Waals surface area contributed by atoms with Gasteiger partial charge in [0.1, 0.15) is 0 Å². The molecule has 7 nitrogen and oxygen atoms in total. The summed E-state index contributed by atoms with van der Waals surface area (Å²) in [5, 5.41) is 11.2. The molecule has 0 saturated carbocycles. The largest absolute Gasteiger partial charge is 0.796 e. The van der Waals surface area contributed by atoms with Gasteiger partial charge in [-0.1, -0.05) is 6.42 Å². The Morgan fingerprint density at radius 3 is 2.21 bits per heavy atom. The smallest absolute Gasteiger partial charge is 0.471 e. The van der Waals surface area contributed by atoms with Crippen LogP contribution in [0.2, 0.25) is 0 Å². The molecule has 0 radical (unpaired) electrons. The molecule has 2 atom stereocenters. The van der Waals surface area contributed by atoms with Gasteiger partial charge in [-0.2, -0.15) is 18.4 Å². The number of hydrogen-bond acceptors (Lipinski definition) is 6. The highest BCUT2D eigenvalue weighted by atomic mass is 31.2. The first-order valence-corrected chi connectivity index (χ1v) is 10.5. The number of alkyl halides is 3. The Bertz CT molecular complexity index is 505. The van der Waals surface area contributed by atoms with Crippen LogP contribution >= 0.6 is 8.53 Å². The molecule has 1 amide bonds. The van der Waals surface area contributed by atoms with Crippen molar-refractivity contribution in [1.82, 2.24) is 10.2 Å². The Morgan fingerprint density at radius 2 is 1.79 bits per heavy atom. The van der Waals surface area contributed by atoms with Crippen LogP contribution in [0.25, 0.3) is 0 Å². The van der Waals surface area contributed by atoms with Gasteiger partial charge in [0.05, 0.1) is 18.3 Å². The van der Waals surface area contributed by atoms with E-state index in [0.29, 0.717) is 19.3 Å². The van der Waals surface area contributed by atoms with Crippen molar-refractivity contribution in [3.8, 4) is 6.07 Å². The highest BCUT2D eigenvalue weighted by molar-refractivity contribution is 7.41. The number of amides is 1. The van der Waals surface area contributed by atoms with Crippen LogP contribution < -0.4 is 15.7 Å². The average molecular weight is 427 g/mol. The standard InChI is InChI=1S/C17H31F3N4O3P/c1-13(2)24(14(3)4)16(10-8-11-21,23-15(25)17(18,19)20)9-6-5-7-12-27-28(22)26/h13-14H,5-10,12,22H2,1-4H3,(H,23,25)/q-1. The normalized spacial score (nSPS) is 15.5. The van der Waals surface area contributed by atoms with E-state index in [0.717, 1.165) is 0 Å². The second-order valence-electron chi connectivity index (χ2n) is 7.17. The Hall–Kier alpha value is -0.980. The zero-order valence-corrected chi connectivity index (χ0v) is 17.8. The number of nitrogens with zero attached hydrogens (tertiary/aromatic N) is 2. The van der Waals surface area contributed by atoms with E-state index >= 15 is 0 Å². The van der Waals surface area contributed by atoms with Crippen molar-refractivity contribution in [2.45, 2.75) is 90.1 Å². The lowest BCUT2D eigenvalue weighted by atomic mass is 9.91. The number of unbranched alkanes of at least 4 members (excludes halogenated alkanes) is 2. The maximum atomic E-state index is 13.0. The van der Waals surface area contributed by atoms with E-state index in [1.54, 1.807) is 0 Å². The van der Waals surface area contributed by atoms with Gasteiger partial charge in [-0.05, 0) is 53.4 Å². The summed E-state index contributed by atoms with van der Waals surface area (Å²) in [6.45, 7) is 7.54. The van der Waals surface area contributed by atoms with Crippen molar-refractivity contribution in [3.63, 3.8) is 0 Å². The van der Waals surface area contributed by atoms with Gasteiger partial charge in [0.2, 0.25) is 0 Å². The molecule has 28 heavy (non-hydrogen) atoms. The fourth-order valence-electron chi connectivity index (χ4n) is 3.55. The van der Waals surface area contributed by atoms with Gasteiger partial charge < -0.3 is 14.7 Å². The highest BCUT2D eigenvalue weighted by Gasteiger charge is 2.47. The third kappa shape index (κ3) is 9.48. The van der Waals surface area contributed by atoms with Gasteiger partial charge in [0.15, 0.2) is 0 Å². The van der Waals surface area contributed by atoms with Gasteiger partial charge in [-0.3, -0.25) is 15.2 Å². The molecule has 0 heterocycles. The minimum atomic E-state index is -5.02. The molecule has 0 spiro atoms. The molecule has 0 bridgehead atoms. The molecule has 0 fully saturated rings. The van der Waals surface area contributed by atoms with Crippen LogP contribution in [-0.4, -0.2) is 41.3 Å². The summed E-state index contributed by atoms with van der Waals surface area (Å²) in [6, 6.07) is 1.65. The van der Waals surface area contributed by atoms with E-state index in [1.807, 2.05) is 38.7 Å². The number of nitriles is 1. The first kappa shape index (κ1) is 27.0. The summed E-state index contributed by atoms with van der Waals surface area (Å²) < 4.78 is 43.7. The molecule has 0 aliphatic carbocycles. The highest BCUT2D eigenvalue weighted by Crippen LogP contribution is 2.31. The maximum Gasteiger partial charge on any atom is 0.471 e. The molecule has 11 heteroatoms. The molecule has 0 rings (SSSR count). The van der Waals surface area contributed by atoms with Crippen LogP contribution in [0.1, 0.15) is 66.2 Å². The molecule has 2 unspecified atom stereocenters. The lowest BCUT2D eigenvalue weighted by molar-refractivity contribution is -0.181. The van der Waals surface area contributed by atoms with E-state index in [2.05, 4.69) is 5.32 Å². The monoisotopic (exact) mass is 427 g/mol. The van der Waals surface area contributed by atoms with Crippen LogP contribution in [0, 0.1) is 11.3 Å². The predicted molar refractivity (Wildman–Crippen MR) is 99.4 cm³/mol. The third-order valence-corrected chi connectivity index (χ3v) is 4.75. The average Bonchev–Trinajstić information content (AvgIpc) is 2.54. The van der Waals surface area contributed by atoms with Crippen molar-refractivity contribution in [2.24, 2.45) is 5.50 Å². The number of carbonyl (C=O) groups excluding carboxylic acids is 1. The molecule has 0 aromatic carbocycles. The first-order valence-electron chi connectivity index (χ1n) is 9.27. The third-order valence-electron chi connectivity index (χ3n) is 4.31. The van der Waals surface area contributed by atoms with Crippen LogP contribution in [0.3, 0.4) is 0 Å². The van der Waals surface area contributed by atoms with Crippen molar-refractivity contribution >= 4 is 14.4 Å². The van der Waals surface area contributed by atoms with Crippen molar-refractivity contribution < 1.29 is 27.4 Å². The quantitative estimate of drug-likeness (QED) is 0.265. The van der Waals surface area contributed by atoms with Crippen LogP contribution in [-0.2, 0) is 9.32 Å². The van der Waals surface area contributed by atoms with Crippen LogP contribution in [0.4, 0.5) is 13.2 Å². The molecule has 164 valence electrons. The molecule has 0 aliphatic rings.